The van der Waals surface area contributed by atoms with Gasteiger partial charge >= 0.3 is 26.3 Å². The number of nitrogens with zero attached hydrogens (tertiary/aromatic N) is 4. The van der Waals surface area contributed by atoms with Crippen molar-refractivity contribution in [1.29, 1.82) is 0 Å². The van der Waals surface area contributed by atoms with Crippen LogP contribution in [0.2, 0.25) is 0 Å². The summed E-state index contributed by atoms with van der Waals surface area (Å²) in [5.41, 5.74) is 11.2. The summed E-state index contributed by atoms with van der Waals surface area (Å²) in [5.74, 6) is 3.49. The van der Waals surface area contributed by atoms with Crippen LogP contribution in [0.3, 0.4) is 0 Å². The summed E-state index contributed by atoms with van der Waals surface area (Å²) in [6, 6.07) is 7.64. The van der Waals surface area contributed by atoms with Crippen molar-refractivity contribution in [2.24, 2.45) is 5.73 Å². The third kappa shape index (κ3) is 14.3. The topological polar surface area (TPSA) is 213 Å². The fraction of sp³-hybridized carbons (Fsp3) is 0.634. The summed E-state index contributed by atoms with van der Waals surface area (Å²) in [7, 11) is -2.93. The van der Waals surface area contributed by atoms with Crippen LogP contribution >= 0.6 is 8.25 Å². The Kier molecular flexibility index (Phi) is 19.9. The molecule has 0 spiro atoms. The number of fused-ring (bicyclic) bond motifs is 1. The van der Waals surface area contributed by atoms with Crippen LogP contribution < -0.4 is 11.5 Å². The van der Waals surface area contributed by atoms with E-state index in [0.717, 1.165) is 38.5 Å². The molecular formula is C41H59FN6O9P+. The fourth-order valence-corrected chi connectivity index (χ4v) is 7.19. The predicted octanol–water partition coefficient (Wildman–Crippen LogP) is 6.96. The molecule has 0 amide bonds. The molecule has 2 aromatic heterocycles. The second-order valence-corrected chi connectivity index (χ2v) is 15.5. The standard InChI is InChI=1S/C41H59FN6O9P/c1-3-5-7-9-11-13-18-24-53-34(50)27-55-58(52)56-28-41(32(49)26-33(57-41)48-29-45-36-37(44)46-40(42)47-38(36)48)23-22-31(30-20-16-15-17-21-30)35(43)39(51)54-25-19-14-12-10-8-6-4-2/h15-17,20-21,29,31-33,35,49H,3-14,18-19,24-28,43H2,1-2H3,(H2,44,46,47)/q+1/t31?,32-,33+,35-,41+/m0/s1. The number of aliphatic hydroxyl groups is 1. The van der Waals surface area contributed by atoms with E-state index < -0.39 is 69.4 Å². The maximum atomic E-state index is 14.2. The molecule has 1 fully saturated rings. The van der Waals surface area contributed by atoms with Gasteiger partial charge in [0.15, 0.2) is 22.6 Å². The molecule has 1 aliphatic rings. The summed E-state index contributed by atoms with van der Waals surface area (Å²) < 4.78 is 56.3. The number of halogens is 1. The predicted molar refractivity (Wildman–Crippen MR) is 216 cm³/mol. The molecule has 0 aliphatic carbocycles. The first kappa shape index (κ1) is 46.6. The molecule has 5 N–H and O–H groups in total. The SMILES string of the molecule is CCCCCCCCCOC(=O)CO[P+](=O)OC[C@@]1(C#CC(c2ccccc2)[C@H](N)C(=O)OCCCCCCCCC)O[C@@H](n2cnc3c(N)nc(F)nc32)C[C@@H]1O. The van der Waals surface area contributed by atoms with Crippen molar-refractivity contribution < 1.29 is 46.9 Å². The van der Waals surface area contributed by atoms with E-state index in [0.29, 0.717) is 18.4 Å². The highest BCUT2D eigenvalue weighted by Crippen LogP contribution is 2.40. The van der Waals surface area contributed by atoms with Crippen molar-refractivity contribution in [1.82, 2.24) is 19.5 Å². The summed E-state index contributed by atoms with van der Waals surface area (Å²) in [6.07, 6.45) is 12.4. The minimum Gasteiger partial charge on any atom is -0.464 e. The van der Waals surface area contributed by atoms with Crippen molar-refractivity contribution in [2.45, 2.75) is 140 Å². The number of carbonyl (C=O) groups excluding carboxylic acids is 2. The molecule has 3 aromatic rings. The average Bonchev–Trinajstić information content (AvgIpc) is 3.79. The van der Waals surface area contributed by atoms with Crippen LogP contribution in [0.1, 0.15) is 128 Å². The number of aromatic nitrogens is 4. The Morgan fingerprint density at radius 1 is 0.966 bits per heavy atom. The molecular weight excluding hydrogens is 770 g/mol. The van der Waals surface area contributed by atoms with E-state index in [1.54, 1.807) is 30.3 Å². The molecule has 3 heterocycles. The van der Waals surface area contributed by atoms with Gasteiger partial charge in [0.1, 0.15) is 25.0 Å². The van der Waals surface area contributed by atoms with Gasteiger partial charge in [0.2, 0.25) is 6.61 Å². The zero-order valence-electron chi connectivity index (χ0n) is 33.7. The summed E-state index contributed by atoms with van der Waals surface area (Å²) in [6.45, 7) is 3.52. The Labute approximate surface area is 341 Å². The van der Waals surface area contributed by atoms with Crippen molar-refractivity contribution >= 4 is 37.2 Å². The van der Waals surface area contributed by atoms with Crippen molar-refractivity contribution in [3.63, 3.8) is 0 Å². The Morgan fingerprint density at radius 2 is 1.59 bits per heavy atom. The number of rotatable bonds is 26. The molecule has 1 saturated heterocycles. The van der Waals surface area contributed by atoms with Crippen molar-refractivity contribution in [3.05, 3.63) is 48.3 Å². The van der Waals surface area contributed by atoms with Crippen LogP contribution in [-0.4, -0.2) is 80.7 Å². The first-order valence-electron chi connectivity index (χ1n) is 20.5. The number of hydrogen-bond donors (Lipinski definition) is 3. The van der Waals surface area contributed by atoms with Crippen molar-refractivity contribution in [2.75, 3.05) is 32.2 Å². The molecule has 0 bridgehead atoms. The number of benzene rings is 1. The van der Waals surface area contributed by atoms with E-state index >= 15 is 0 Å². The molecule has 318 valence electrons. The number of carbonyl (C=O) groups is 2. The van der Waals surface area contributed by atoms with E-state index in [1.807, 2.05) is 0 Å². The number of anilines is 1. The van der Waals surface area contributed by atoms with Gasteiger partial charge in [-0.3, -0.25) is 9.36 Å². The summed E-state index contributed by atoms with van der Waals surface area (Å²) >= 11 is 0. The highest BCUT2D eigenvalue weighted by atomic mass is 31.1. The van der Waals surface area contributed by atoms with Gasteiger partial charge in [-0.25, -0.2) is 9.78 Å². The van der Waals surface area contributed by atoms with E-state index in [9.17, 15) is 23.7 Å². The average molecular weight is 830 g/mol. The van der Waals surface area contributed by atoms with E-state index in [4.69, 9.17) is 34.7 Å². The zero-order chi connectivity index (χ0) is 41.8. The highest BCUT2D eigenvalue weighted by Gasteiger charge is 2.51. The van der Waals surface area contributed by atoms with Gasteiger partial charge in [0.05, 0.1) is 25.5 Å². The molecule has 2 unspecified atom stereocenters. The number of nitrogens with two attached hydrogens (primary N) is 2. The van der Waals surface area contributed by atoms with Gasteiger partial charge in [0.25, 0.3) is 0 Å². The minimum atomic E-state index is -2.93. The van der Waals surface area contributed by atoms with Gasteiger partial charge in [-0.1, -0.05) is 133 Å². The van der Waals surface area contributed by atoms with Crippen LogP contribution in [0.5, 0.6) is 0 Å². The van der Waals surface area contributed by atoms with Crippen LogP contribution in [0.25, 0.3) is 11.2 Å². The number of ether oxygens (including phenoxy) is 3. The van der Waals surface area contributed by atoms with E-state index in [1.165, 1.54) is 49.4 Å². The number of nitrogen functional groups attached to an aromatic ring is 1. The Balaban J connectivity index is 1.48. The monoisotopic (exact) mass is 829 g/mol. The van der Waals surface area contributed by atoms with Gasteiger partial charge < -0.3 is 30.8 Å². The fourth-order valence-electron chi connectivity index (χ4n) is 6.60. The van der Waals surface area contributed by atoms with Gasteiger partial charge in [0, 0.05) is 11.0 Å². The lowest BCUT2D eigenvalue weighted by Gasteiger charge is -2.25. The number of hydrogen-bond acceptors (Lipinski definition) is 14. The van der Waals surface area contributed by atoms with Gasteiger partial charge in [-0.2, -0.15) is 14.4 Å². The lowest BCUT2D eigenvalue weighted by Crippen LogP contribution is -2.43. The highest BCUT2D eigenvalue weighted by molar-refractivity contribution is 7.33. The smallest absolute Gasteiger partial charge is 0.464 e. The Morgan fingerprint density at radius 3 is 2.24 bits per heavy atom. The molecule has 15 nitrogen and oxygen atoms in total. The molecule has 1 aromatic carbocycles. The number of esters is 2. The second kappa shape index (κ2) is 24.7. The van der Waals surface area contributed by atoms with Crippen LogP contribution in [-0.2, 0) is 37.4 Å². The third-order valence-corrected chi connectivity index (χ3v) is 10.6. The lowest BCUT2D eigenvalue weighted by atomic mass is 9.90. The molecule has 0 radical (unpaired) electrons. The summed E-state index contributed by atoms with van der Waals surface area (Å²) in [5, 5.41) is 11.6. The largest absolute Gasteiger partial charge is 0.698 e. The van der Waals surface area contributed by atoms with Crippen LogP contribution in [0.4, 0.5) is 10.2 Å². The number of imidazole rings is 1. The maximum absolute atomic E-state index is 14.2. The molecule has 1 aliphatic heterocycles. The third-order valence-electron chi connectivity index (χ3n) is 9.95. The summed E-state index contributed by atoms with van der Waals surface area (Å²) in [4.78, 5) is 37.1. The Hall–Kier alpha value is -4.10. The first-order chi connectivity index (χ1) is 28.1. The molecule has 58 heavy (non-hydrogen) atoms. The molecule has 6 atom stereocenters. The molecule has 0 saturated carbocycles. The quantitative estimate of drug-likeness (QED) is 0.0245. The maximum Gasteiger partial charge on any atom is 0.698 e. The number of unbranched alkanes of at least 4 members (excludes halogenated alkanes) is 12. The molecule has 4 rings (SSSR count). The van der Waals surface area contributed by atoms with Gasteiger partial charge in [-0.05, 0) is 18.4 Å². The van der Waals surface area contributed by atoms with E-state index in [-0.39, 0.29) is 36.6 Å². The molecule has 17 heteroatoms. The van der Waals surface area contributed by atoms with Crippen LogP contribution in [0, 0.1) is 17.9 Å². The number of aliphatic hydroxyl groups excluding tert-OH is 1. The first-order valence-corrected chi connectivity index (χ1v) is 21.6. The zero-order valence-corrected chi connectivity index (χ0v) is 34.6. The van der Waals surface area contributed by atoms with Gasteiger partial charge in [-0.15, -0.1) is 9.05 Å². The van der Waals surface area contributed by atoms with E-state index in [2.05, 4.69) is 40.6 Å². The lowest BCUT2D eigenvalue weighted by molar-refractivity contribution is -0.147. The normalized spacial score (nSPS) is 19.0. The van der Waals surface area contributed by atoms with Crippen molar-refractivity contribution in [3.8, 4) is 11.8 Å². The Bertz CT molecular complexity index is 1810. The minimum absolute atomic E-state index is 0.00387. The second-order valence-electron chi connectivity index (χ2n) is 14.5. The van der Waals surface area contributed by atoms with Crippen LogP contribution in [0.15, 0.2) is 36.7 Å².